The van der Waals surface area contributed by atoms with Gasteiger partial charge in [-0.15, -0.1) is 0 Å². The van der Waals surface area contributed by atoms with E-state index in [1.54, 1.807) is 0 Å². The quantitative estimate of drug-likeness (QED) is 0.498. The van der Waals surface area contributed by atoms with Gasteiger partial charge >= 0.3 is 0 Å². The smallest absolute Gasteiger partial charge is 0.230 e. The molecule has 0 unspecified atom stereocenters. The minimum absolute atomic E-state index is 0.118. The molecule has 3 rings (SSSR count). The summed E-state index contributed by atoms with van der Waals surface area (Å²) in [6.07, 6.45) is 5.89. The Labute approximate surface area is 199 Å². The predicted molar refractivity (Wildman–Crippen MR) is 137 cm³/mol. The monoisotopic (exact) mass is 449 g/mol. The normalized spacial score (nSPS) is 14.7. The highest BCUT2D eigenvalue weighted by atomic mass is 16.2. The Morgan fingerprint density at radius 1 is 1.03 bits per heavy atom. The van der Waals surface area contributed by atoms with Crippen molar-refractivity contribution in [2.24, 2.45) is 5.92 Å². The van der Waals surface area contributed by atoms with Crippen LogP contribution < -0.4 is 10.2 Å². The highest BCUT2D eigenvalue weighted by Gasteiger charge is 2.26. The maximum atomic E-state index is 13.6. The first-order valence-electron chi connectivity index (χ1n) is 12.4. The number of rotatable bonds is 10. The Morgan fingerprint density at radius 2 is 1.73 bits per heavy atom. The number of anilines is 2. The van der Waals surface area contributed by atoms with Gasteiger partial charge in [0.05, 0.1) is 5.92 Å². The lowest BCUT2D eigenvalue weighted by atomic mass is 9.94. The molecule has 0 radical (unpaired) electrons. The van der Waals surface area contributed by atoms with Crippen LogP contribution in [0.3, 0.4) is 0 Å². The second-order valence-corrected chi connectivity index (χ2v) is 9.34. The van der Waals surface area contributed by atoms with Gasteiger partial charge in [0, 0.05) is 44.5 Å². The molecule has 2 aromatic rings. The first-order valence-corrected chi connectivity index (χ1v) is 12.4. The van der Waals surface area contributed by atoms with Crippen molar-refractivity contribution in [1.82, 2.24) is 4.90 Å². The summed E-state index contributed by atoms with van der Waals surface area (Å²) in [6.45, 7) is 5.41. The van der Waals surface area contributed by atoms with E-state index >= 15 is 0 Å². The van der Waals surface area contributed by atoms with Crippen LogP contribution in [0.2, 0.25) is 0 Å². The lowest BCUT2D eigenvalue weighted by Crippen LogP contribution is -2.35. The van der Waals surface area contributed by atoms with Gasteiger partial charge < -0.3 is 15.1 Å². The van der Waals surface area contributed by atoms with Gasteiger partial charge in [-0.05, 0) is 55.0 Å². The highest BCUT2D eigenvalue weighted by Crippen LogP contribution is 2.30. The second-order valence-electron chi connectivity index (χ2n) is 9.34. The highest BCUT2D eigenvalue weighted by molar-refractivity contribution is 5.93. The van der Waals surface area contributed by atoms with E-state index in [4.69, 9.17) is 0 Å². The van der Waals surface area contributed by atoms with Gasteiger partial charge in [0.15, 0.2) is 0 Å². The number of hydrogen-bond donors (Lipinski definition) is 1. The molecule has 1 N–H and O–H groups in total. The Bertz CT molecular complexity index is 920. The van der Waals surface area contributed by atoms with Crippen LogP contribution in [0.5, 0.6) is 0 Å². The number of amides is 2. The van der Waals surface area contributed by atoms with Crippen LogP contribution >= 0.6 is 0 Å². The first-order chi connectivity index (χ1) is 15.9. The van der Waals surface area contributed by atoms with E-state index < -0.39 is 0 Å². The Morgan fingerprint density at radius 3 is 2.33 bits per heavy atom. The largest absolute Gasteiger partial charge is 0.377 e. The summed E-state index contributed by atoms with van der Waals surface area (Å²) < 4.78 is 0. The van der Waals surface area contributed by atoms with Gasteiger partial charge in [0.1, 0.15) is 0 Å². The van der Waals surface area contributed by atoms with Crippen LogP contribution in [0.4, 0.5) is 11.4 Å². The fourth-order valence-electron chi connectivity index (χ4n) is 4.86. The van der Waals surface area contributed by atoms with Gasteiger partial charge in [-0.25, -0.2) is 0 Å². The summed E-state index contributed by atoms with van der Waals surface area (Å²) in [7, 11) is 4.03. The van der Waals surface area contributed by atoms with Crippen molar-refractivity contribution in [2.75, 3.05) is 30.9 Å². The van der Waals surface area contributed by atoms with Crippen molar-refractivity contribution < 1.29 is 9.59 Å². The SMILES string of the molecule is CCCN(Cc1cc(NC(=O)C2CCCC2)ccc1N(C)C)C(=O)[C@@H](CC)c1ccccc1. The maximum Gasteiger partial charge on any atom is 0.230 e. The van der Waals surface area contributed by atoms with Crippen molar-refractivity contribution in [3.63, 3.8) is 0 Å². The molecule has 1 aliphatic carbocycles. The average molecular weight is 450 g/mol. The number of benzene rings is 2. The summed E-state index contributed by atoms with van der Waals surface area (Å²) in [5.41, 5.74) is 3.99. The van der Waals surface area contributed by atoms with Crippen molar-refractivity contribution in [2.45, 2.75) is 64.8 Å². The maximum absolute atomic E-state index is 13.6. The number of carbonyl (C=O) groups is 2. The number of carbonyl (C=O) groups excluding carboxylic acids is 2. The zero-order valence-corrected chi connectivity index (χ0v) is 20.6. The lowest BCUT2D eigenvalue weighted by molar-refractivity contribution is -0.133. The van der Waals surface area contributed by atoms with E-state index in [1.165, 1.54) is 0 Å². The fourth-order valence-corrected chi connectivity index (χ4v) is 4.86. The van der Waals surface area contributed by atoms with Gasteiger partial charge in [-0.3, -0.25) is 9.59 Å². The molecule has 2 amide bonds. The van der Waals surface area contributed by atoms with E-state index in [9.17, 15) is 9.59 Å². The van der Waals surface area contributed by atoms with Gasteiger partial charge in [0.2, 0.25) is 11.8 Å². The third kappa shape index (κ3) is 6.37. The number of nitrogens with zero attached hydrogens (tertiary/aromatic N) is 2. The van der Waals surface area contributed by atoms with Crippen molar-refractivity contribution >= 4 is 23.2 Å². The van der Waals surface area contributed by atoms with Crippen molar-refractivity contribution in [3.05, 3.63) is 59.7 Å². The van der Waals surface area contributed by atoms with Crippen molar-refractivity contribution in [1.29, 1.82) is 0 Å². The zero-order chi connectivity index (χ0) is 23.8. The van der Waals surface area contributed by atoms with Crippen LogP contribution in [-0.2, 0) is 16.1 Å². The van der Waals surface area contributed by atoms with Gasteiger partial charge in [-0.1, -0.05) is 57.0 Å². The third-order valence-corrected chi connectivity index (χ3v) is 6.63. The zero-order valence-electron chi connectivity index (χ0n) is 20.6. The summed E-state index contributed by atoms with van der Waals surface area (Å²) >= 11 is 0. The minimum atomic E-state index is -0.147. The first kappa shape index (κ1) is 24.8. The molecule has 0 spiro atoms. The molecule has 1 fully saturated rings. The average Bonchev–Trinajstić information content (AvgIpc) is 3.35. The Hall–Kier alpha value is -2.82. The van der Waals surface area contributed by atoms with Crippen LogP contribution in [0.15, 0.2) is 48.5 Å². The Kier molecular flexibility index (Phi) is 8.93. The molecule has 0 heterocycles. The number of nitrogens with one attached hydrogen (secondary N) is 1. The summed E-state index contributed by atoms with van der Waals surface area (Å²) in [6, 6.07) is 16.1. The molecule has 178 valence electrons. The molecule has 0 aromatic heterocycles. The second kappa shape index (κ2) is 11.9. The fraction of sp³-hybridized carbons (Fsp3) is 0.500. The molecule has 1 atom stereocenters. The van der Waals surface area contributed by atoms with Crippen LogP contribution in [-0.4, -0.2) is 37.4 Å². The molecule has 5 nitrogen and oxygen atoms in total. The predicted octanol–water partition coefficient (Wildman–Crippen LogP) is 5.81. The summed E-state index contributed by atoms with van der Waals surface area (Å²) in [4.78, 5) is 30.4. The molecule has 1 saturated carbocycles. The van der Waals surface area contributed by atoms with E-state index in [0.29, 0.717) is 13.1 Å². The minimum Gasteiger partial charge on any atom is -0.377 e. The standard InChI is InChI=1S/C28H39N3O2/c1-5-18-31(28(33)25(6-2)21-12-8-7-9-13-21)20-23-19-24(16-17-26(23)30(3)4)29-27(32)22-14-10-11-15-22/h7-9,12-13,16-17,19,22,25H,5-6,10-11,14-15,18,20H2,1-4H3,(H,29,32)/t25-/m0/s1. The van der Waals surface area contributed by atoms with E-state index in [-0.39, 0.29) is 23.7 Å². The molecule has 1 aliphatic rings. The van der Waals surface area contributed by atoms with Crippen molar-refractivity contribution in [3.8, 4) is 0 Å². The molecular formula is C28H39N3O2. The third-order valence-electron chi connectivity index (χ3n) is 6.63. The van der Waals surface area contributed by atoms with E-state index in [0.717, 1.165) is 61.0 Å². The molecule has 0 bridgehead atoms. The number of hydrogen-bond acceptors (Lipinski definition) is 3. The van der Waals surface area contributed by atoms with E-state index in [1.807, 2.05) is 67.5 Å². The molecular weight excluding hydrogens is 410 g/mol. The Balaban J connectivity index is 1.84. The molecule has 5 heteroatoms. The van der Waals surface area contributed by atoms with Gasteiger partial charge in [-0.2, -0.15) is 0 Å². The van der Waals surface area contributed by atoms with Crippen LogP contribution in [0.1, 0.15) is 69.4 Å². The van der Waals surface area contributed by atoms with Crippen LogP contribution in [0.25, 0.3) is 0 Å². The molecule has 2 aromatic carbocycles. The summed E-state index contributed by atoms with van der Waals surface area (Å²) in [5, 5.41) is 3.12. The van der Waals surface area contributed by atoms with Gasteiger partial charge in [0.25, 0.3) is 0 Å². The molecule has 33 heavy (non-hydrogen) atoms. The van der Waals surface area contributed by atoms with Crippen LogP contribution in [0, 0.1) is 5.92 Å². The lowest BCUT2D eigenvalue weighted by Gasteiger charge is -2.29. The molecule has 0 saturated heterocycles. The molecule has 0 aliphatic heterocycles. The summed E-state index contributed by atoms with van der Waals surface area (Å²) in [5.74, 6) is 0.255. The van der Waals surface area contributed by atoms with E-state index in [2.05, 4.69) is 24.1 Å². The topological polar surface area (TPSA) is 52.7 Å².